The number of likely N-dealkylation sites (tertiary alicyclic amines) is 1. The zero-order valence-corrected chi connectivity index (χ0v) is 22.5. The van der Waals surface area contributed by atoms with Crippen molar-refractivity contribution in [3.8, 4) is 5.75 Å². The molecule has 3 aromatic heterocycles. The van der Waals surface area contributed by atoms with Crippen molar-refractivity contribution in [3.05, 3.63) is 47.5 Å². The fourth-order valence-corrected chi connectivity index (χ4v) is 5.08. The van der Waals surface area contributed by atoms with Crippen LogP contribution in [0.4, 0.5) is 11.6 Å². The number of amides is 1. The number of carbonyl (C=O) groups excluding carboxylic acids is 2. The van der Waals surface area contributed by atoms with E-state index >= 15 is 0 Å². The molecule has 0 saturated carbocycles. The van der Waals surface area contributed by atoms with Crippen molar-refractivity contribution in [2.75, 3.05) is 18.4 Å². The van der Waals surface area contributed by atoms with Crippen LogP contribution in [-0.4, -0.2) is 56.5 Å². The molecule has 0 bridgehead atoms. The van der Waals surface area contributed by atoms with Crippen molar-refractivity contribution >= 4 is 34.3 Å². The van der Waals surface area contributed by atoms with E-state index in [0.29, 0.717) is 48.2 Å². The van der Waals surface area contributed by atoms with Gasteiger partial charge in [-0.2, -0.15) is 0 Å². The maximum Gasteiger partial charge on any atom is 0.340 e. The Hall–Kier alpha value is -3.79. The third-order valence-electron chi connectivity index (χ3n) is 7.05. The quantitative estimate of drug-likeness (QED) is 0.448. The SMILES string of the molecule is CCC[C@@](C)(N)c1ncc(OC2CN(C(C)=O)C2)c2cnc(Nc3ccc4c(n3)CC(C)(C)OC4=O)cc12. The number of hydrogen-bond donors (Lipinski definition) is 2. The van der Waals surface area contributed by atoms with E-state index in [-0.39, 0.29) is 18.0 Å². The Bertz CT molecular complexity index is 1410. The van der Waals surface area contributed by atoms with E-state index in [1.807, 2.05) is 26.8 Å². The summed E-state index contributed by atoms with van der Waals surface area (Å²) in [5.41, 5.74) is 7.39. The second kappa shape index (κ2) is 9.50. The molecule has 1 saturated heterocycles. The van der Waals surface area contributed by atoms with Gasteiger partial charge in [-0.15, -0.1) is 0 Å². The van der Waals surface area contributed by atoms with Gasteiger partial charge in [-0.05, 0) is 45.4 Å². The maximum atomic E-state index is 12.3. The lowest BCUT2D eigenvalue weighted by Crippen LogP contribution is -2.55. The number of nitrogens with two attached hydrogens (primary N) is 1. The second-order valence-corrected chi connectivity index (χ2v) is 11.1. The number of nitrogens with zero attached hydrogens (tertiary/aromatic N) is 4. The molecule has 200 valence electrons. The van der Waals surface area contributed by atoms with E-state index in [1.54, 1.807) is 36.4 Å². The molecule has 0 aliphatic carbocycles. The lowest BCUT2D eigenvalue weighted by atomic mass is 9.90. The lowest BCUT2D eigenvalue weighted by molar-refractivity contribution is -0.137. The molecule has 2 aliphatic rings. The van der Waals surface area contributed by atoms with Gasteiger partial charge in [0.05, 0.1) is 41.8 Å². The van der Waals surface area contributed by atoms with Gasteiger partial charge in [0, 0.05) is 30.3 Å². The molecule has 1 amide bonds. The van der Waals surface area contributed by atoms with Gasteiger partial charge in [-0.1, -0.05) is 13.3 Å². The molecule has 0 radical (unpaired) electrons. The highest BCUT2D eigenvalue weighted by atomic mass is 16.6. The minimum absolute atomic E-state index is 0.0373. The van der Waals surface area contributed by atoms with Gasteiger partial charge in [-0.25, -0.2) is 14.8 Å². The highest BCUT2D eigenvalue weighted by molar-refractivity contribution is 5.93. The van der Waals surface area contributed by atoms with Crippen LogP contribution in [0.3, 0.4) is 0 Å². The van der Waals surface area contributed by atoms with Crippen molar-refractivity contribution < 1.29 is 19.1 Å². The van der Waals surface area contributed by atoms with E-state index in [2.05, 4.69) is 22.2 Å². The summed E-state index contributed by atoms with van der Waals surface area (Å²) >= 11 is 0. The van der Waals surface area contributed by atoms with Crippen molar-refractivity contribution in [1.29, 1.82) is 0 Å². The average Bonchev–Trinajstić information content (AvgIpc) is 2.79. The molecule has 3 N–H and O–H groups in total. The average molecular weight is 519 g/mol. The summed E-state index contributed by atoms with van der Waals surface area (Å²) in [5, 5.41) is 4.91. The van der Waals surface area contributed by atoms with E-state index in [1.165, 1.54) is 0 Å². The molecule has 1 fully saturated rings. The van der Waals surface area contributed by atoms with E-state index < -0.39 is 11.1 Å². The molecule has 0 aromatic carbocycles. The standard InChI is InChI=1S/C28H34N6O4/c1-6-9-28(5,29)25-19-10-24(33-23-8-7-18-21(32-23)11-27(3,4)38-26(18)36)30-12-20(19)22(13-31-25)37-17-14-34(15-17)16(2)35/h7-8,10,12-13,17H,6,9,11,14-15,29H2,1-5H3,(H,30,32,33)/t28-/m1/s1. The molecule has 38 heavy (non-hydrogen) atoms. The van der Waals surface area contributed by atoms with Crippen molar-refractivity contribution in [2.45, 2.75) is 71.1 Å². The minimum atomic E-state index is -0.651. The molecule has 1 atom stereocenters. The zero-order chi connectivity index (χ0) is 27.2. The molecular weight excluding hydrogens is 484 g/mol. The Morgan fingerprint density at radius 1 is 1.24 bits per heavy atom. The third kappa shape index (κ3) is 5.00. The summed E-state index contributed by atoms with van der Waals surface area (Å²) < 4.78 is 11.7. The predicted molar refractivity (Wildman–Crippen MR) is 143 cm³/mol. The number of hydrogen-bond acceptors (Lipinski definition) is 9. The smallest absolute Gasteiger partial charge is 0.340 e. The zero-order valence-electron chi connectivity index (χ0n) is 22.5. The highest BCUT2D eigenvalue weighted by Gasteiger charge is 2.34. The van der Waals surface area contributed by atoms with Gasteiger partial charge in [0.15, 0.2) is 0 Å². The fourth-order valence-electron chi connectivity index (χ4n) is 5.08. The molecule has 10 nitrogen and oxygen atoms in total. The van der Waals surface area contributed by atoms with E-state index in [4.69, 9.17) is 20.2 Å². The topological polar surface area (TPSA) is 133 Å². The third-order valence-corrected chi connectivity index (χ3v) is 7.05. The molecule has 0 unspecified atom stereocenters. The molecule has 2 aliphatic heterocycles. The number of esters is 1. The monoisotopic (exact) mass is 518 g/mol. The summed E-state index contributed by atoms with van der Waals surface area (Å²) in [6.45, 7) is 10.5. The van der Waals surface area contributed by atoms with Crippen molar-refractivity contribution in [2.24, 2.45) is 5.73 Å². The van der Waals surface area contributed by atoms with Gasteiger partial charge in [-0.3, -0.25) is 9.78 Å². The van der Waals surface area contributed by atoms with Crippen molar-refractivity contribution in [1.82, 2.24) is 19.9 Å². The summed E-state index contributed by atoms with van der Waals surface area (Å²) in [7, 11) is 0. The van der Waals surface area contributed by atoms with Crippen molar-refractivity contribution in [3.63, 3.8) is 0 Å². The van der Waals surface area contributed by atoms with Crippen LogP contribution in [0.1, 0.15) is 69.2 Å². The molecule has 5 rings (SSSR count). The highest BCUT2D eigenvalue weighted by Crippen LogP contribution is 2.36. The van der Waals surface area contributed by atoms with Crippen LogP contribution in [-0.2, 0) is 21.5 Å². The molecule has 5 heterocycles. The van der Waals surface area contributed by atoms with Crippen LogP contribution in [0.25, 0.3) is 10.8 Å². The summed E-state index contributed by atoms with van der Waals surface area (Å²) in [6.07, 6.45) is 5.55. The summed E-state index contributed by atoms with van der Waals surface area (Å²) in [5.74, 6) is 1.43. The largest absolute Gasteiger partial charge is 0.484 e. The fraction of sp³-hybridized carbons (Fsp3) is 0.464. The Balaban J connectivity index is 1.48. The van der Waals surface area contributed by atoms with E-state index in [9.17, 15) is 9.59 Å². The Labute approximate surface area is 221 Å². The number of carbonyl (C=O) groups is 2. The molecule has 10 heteroatoms. The lowest BCUT2D eigenvalue weighted by Gasteiger charge is -2.38. The number of ether oxygens (including phenoxy) is 2. The van der Waals surface area contributed by atoms with Crippen LogP contribution in [0.5, 0.6) is 5.75 Å². The van der Waals surface area contributed by atoms with Crippen LogP contribution >= 0.6 is 0 Å². The Kier molecular flexibility index (Phi) is 6.46. The predicted octanol–water partition coefficient (Wildman–Crippen LogP) is 3.84. The molecule has 0 spiro atoms. The summed E-state index contributed by atoms with van der Waals surface area (Å²) in [4.78, 5) is 39.7. The van der Waals surface area contributed by atoms with Gasteiger partial charge in [0.1, 0.15) is 29.1 Å². The Morgan fingerprint density at radius 3 is 2.71 bits per heavy atom. The number of aromatic nitrogens is 3. The van der Waals surface area contributed by atoms with Gasteiger partial charge in [0.25, 0.3) is 0 Å². The number of anilines is 2. The van der Waals surface area contributed by atoms with Crippen LogP contribution in [0.15, 0.2) is 30.6 Å². The van der Waals surface area contributed by atoms with Gasteiger partial charge in [0.2, 0.25) is 5.91 Å². The minimum Gasteiger partial charge on any atom is -0.484 e. The number of nitrogens with one attached hydrogen (secondary N) is 1. The first-order valence-corrected chi connectivity index (χ1v) is 13.0. The number of fused-ring (bicyclic) bond motifs is 2. The molecular formula is C28H34N6O4. The molecule has 3 aromatic rings. The van der Waals surface area contributed by atoms with Gasteiger partial charge >= 0.3 is 5.97 Å². The number of cyclic esters (lactones) is 1. The maximum absolute atomic E-state index is 12.3. The van der Waals surface area contributed by atoms with Crippen LogP contribution in [0, 0.1) is 0 Å². The Morgan fingerprint density at radius 2 is 2.00 bits per heavy atom. The van der Waals surface area contributed by atoms with Crippen LogP contribution in [0.2, 0.25) is 0 Å². The first kappa shape index (κ1) is 25.8. The van der Waals surface area contributed by atoms with Gasteiger partial charge < -0.3 is 25.4 Å². The first-order chi connectivity index (χ1) is 18.0. The number of pyridine rings is 3. The number of rotatable bonds is 7. The van der Waals surface area contributed by atoms with E-state index in [0.717, 1.165) is 29.3 Å². The first-order valence-electron chi connectivity index (χ1n) is 13.0. The second-order valence-electron chi connectivity index (χ2n) is 11.1. The van der Waals surface area contributed by atoms with Crippen LogP contribution < -0.4 is 15.8 Å². The normalized spacial score (nSPS) is 18.3. The summed E-state index contributed by atoms with van der Waals surface area (Å²) in [6, 6.07) is 5.38.